The first-order valence-electron chi connectivity index (χ1n) is 9.57. The van der Waals surface area contributed by atoms with E-state index in [0.29, 0.717) is 30.8 Å². The summed E-state index contributed by atoms with van der Waals surface area (Å²) in [6.07, 6.45) is 3.31. The van der Waals surface area contributed by atoms with Gasteiger partial charge in [0.05, 0.1) is 24.1 Å². The van der Waals surface area contributed by atoms with Crippen molar-refractivity contribution in [1.82, 2.24) is 0 Å². The average Bonchev–Trinajstić information content (AvgIpc) is 2.76. The summed E-state index contributed by atoms with van der Waals surface area (Å²) < 4.78 is 17.7. The molecule has 1 aliphatic carbocycles. The highest BCUT2D eigenvalue weighted by atomic mass is 16.7. The van der Waals surface area contributed by atoms with Gasteiger partial charge in [-0.1, -0.05) is 31.2 Å². The average molecular weight is 388 g/mol. The lowest BCUT2D eigenvalue weighted by Gasteiger charge is -2.63. The maximum Gasteiger partial charge on any atom is 0.218 e. The molecular formula is C22H20N4O3. The molecule has 1 spiro atoms. The predicted molar refractivity (Wildman–Crippen MR) is 101 cm³/mol. The summed E-state index contributed by atoms with van der Waals surface area (Å²) in [6.45, 7) is 3.97. The van der Waals surface area contributed by atoms with Crippen LogP contribution in [0.25, 0.3) is 0 Å². The first-order chi connectivity index (χ1) is 14.0. The number of fused-ring (bicyclic) bond motifs is 2. The number of nitriles is 3. The standard InChI is InChI=1S/C22H20N4O3/c1-2-11-27-16-8-6-15(7-9-16)18-21(14-25)19(26)29-22(28-18)10-4-3-5-17(22)20(21,12-23)13-24/h2,6-9,17-18,26H,1,3-5,10-11H2/t17-,18+,21-,22-/m1/s1. The summed E-state index contributed by atoms with van der Waals surface area (Å²) in [5.74, 6) is -1.56. The number of hydrogen-bond acceptors (Lipinski definition) is 7. The molecule has 4 aliphatic rings. The molecule has 4 fully saturated rings. The lowest BCUT2D eigenvalue weighted by atomic mass is 9.48. The lowest BCUT2D eigenvalue weighted by molar-refractivity contribution is -0.360. The van der Waals surface area contributed by atoms with Crippen molar-refractivity contribution in [2.75, 3.05) is 6.61 Å². The van der Waals surface area contributed by atoms with Gasteiger partial charge in [0.2, 0.25) is 11.7 Å². The minimum Gasteiger partial charge on any atom is -0.490 e. The van der Waals surface area contributed by atoms with Crippen molar-refractivity contribution in [2.45, 2.75) is 37.6 Å². The van der Waals surface area contributed by atoms with E-state index in [4.69, 9.17) is 19.6 Å². The highest BCUT2D eigenvalue weighted by Gasteiger charge is 2.80. The molecule has 0 aromatic heterocycles. The van der Waals surface area contributed by atoms with Crippen LogP contribution in [0.2, 0.25) is 0 Å². The van der Waals surface area contributed by atoms with Crippen molar-refractivity contribution in [3.63, 3.8) is 0 Å². The van der Waals surface area contributed by atoms with Crippen LogP contribution >= 0.6 is 0 Å². The monoisotopic (exact) mass is 388 g/mol. The largest absolute Gasteiger partial charge is 0.490 e. The van der Waals surface area contributed by atoms with Crippen molar-refractivity contribution in [3.05, 3.63) is 42.5 Å². The molecule has 1 N–H and O–H groups in total. The van der Waals surface area contributed by atoms with Gasteiger partial charge in [-0.25, -0.2) is 0 Å². The topological polar surface area (TPSA) is 123 Å². The molecule has 3 saturated heterocycles. The smallest absolute Gasteiger partial charge is 0.218 e. The van der Waals surface area contributed by atoms with E-state index in [2.05, 4.69) is 24.8 Å². The Morgan fingerprint density at radius 3 is 2.52 bits per heavy atom. The van der Waals surface area contributed by atoms with Crippen LogP contribution in [0.3, 0.4) is 0 Å². The van der Waals surface area contributed by atoms with Crippen LogP contribution in [0.15, 0.2) is 36.9 Å². The molecule has 4 atom stereocenters. The van der Waals surface area contributed by atoms with Crippen LogP contribution in [-0.4, -0.2) is 18.3 Å². The third kappa shape index (κ3) is 2.27. The molecule has 1 saturated carbocycles. The molecule has 2 bridgehead atoms. The lowest BCUT2D eigenvalue weighted by Crippen LogP contribution is -2.73. The van der Waals surface area contributed by atoms with Crippen LogP contribution in [-0.2, 0) is 9.47 Å². The van der Waals surface area contributed by atoms with Gasteiger partial charge in [-0.15, -0.1) is 0 Å². The summed E-state index contributed by atoms with van der Waals surface area (Å²) in [5, 5.41) is 39.1. The van der Waals surface area contributed by atoms with Gasteiger partial charge in [0.15, 0.2) is 10.8 Å². The van der Waals surface area contributed by atoms with Crippen molar-refractivity contribution >= 4 is 5.90 Å². The van der Waals surface area contributed by atoms with Crippen molar-refractivity contribution in [3.8, 4) is 24.0 Å². The Morgan fingerprint density at radius 1 is 1.17 bits per heavy atom. The summed E-state index contributed by atoms with van der Waals surface area (Å²) in [4.78, 5) is 0. The molecule has 3 heterocycles. The Kier molecular flexibility index (Phi) is 4.34. The van der Waals surface area contributed by atoms with Gasteiger partial charge in [0.25, 0.3) is 0 Å². The van der Waals surface area contributed by atoms with Gasteiger partial charge in [-0.05, 0) is 30.5 Å². The molecule has 3 aliphatic heterocycles. The van der Waals surface area contributed by atoms with E-state index in [1.165, 1.54) is 0 Å². The minimum atomic E-state index is -1.84. The first kappa shape index (κ1) is 19.0. The third-order valence-corrected chi connectivity index (χ3v) is 6.37. The zero-order valence-corrected chi connectivity index (χ0v) is 15.9. The van der Waals surface area contributed by atoms with E-state index in [9.17, 15) is 15.8 Å². The van der Waals surface area contributed by atoms with Crippen molar-refractivity contribution in [2.24, 2.45) is 16.7 Å². The molecule has 29 heavy (non-hydrogen) atoms. The van der Waals surface area contributed by atoms with Crippen molar-refractivity contribution in [1.29, 1.82) is 21.2 Å². The molecule has 146 valence electrons. The first-order valence-corrected chi connectivity index (χ1v) is 9.57. The number of nitrogens with one attached hydrogen (secondary N) is 1. The van der Waals surface area contributed by atoms with Crippen LogP contribution in [0.1, 0.15) is 37.4 Å². The Labute approximate surface area is 169 Å². The van der Waals surface area contributed by atoms with E-state index >= 15 is 0 Å². The quantitative estimate of drug-likeness (QED) is 0.783. The molecular weight excluding hydrogens is 368 g/mol. The summed E-state index contributed by atoms with van der Waals surface area (Å²) >= 11 is 0. The number of nitrogens with zero attached hydrogens (tertiary/aromatic N) is 3. The summed E-state index contributed by atoms with van der Waals surface area (Å²) in [7, 11) is 0. The molecule has 7 nitrogen and oxygen atoms in total. The van der Waals surface area contributed by atoms with Gasteiger partial charge in [-0.3, -0.25) is 5.41 Å². The predicted octanol–water partition coefficient (Wildman–Crippen LogP) is 3.76. The summed E-state index contributed by atoms with van der Waals surface area (Å²) in [6, 6.07) is 13.3. The Bertz CT molecular complexity index is 969. The van der Waals surface area contributed by atoms with Crippen molar-refractivity contribution < 1.29 is 14.2 Å². The van der Waals surface area contributed by atoms with Gasteiger partial charge in [-0.2, -0.15) is 15.8 Å². The normalized spacial score (nSPS) is 33.9. The Hall–Kier alpha value is -3.34. The zero-order chi connectivity index (χ0) is 20.7. The second-order valence-electron chi connectivity index (χ2n) is 7.66. The molecule has 0 radical (unpaired) electrons. The van der Waals surface area contributed by atoms with E-state index in [0.717, 1.165) is 12.8 Å². The number of benzene rings is 1. The van der Waals surface area contributed by atoms with E-state index in [-0.39, 0.29) is 5.90 Å². The third-order valence-electron chi connectivity index (χ3n) is 6.37. The van der Waals surface area contributed by atoms with E-state index < -0.39 is 28.6 Å². The van der Waals surface area contributed by atoms with Crippen LogP contribution < -0.4 is 4.74 Å². The van der Waals surface area contributed by atoms with E-state index in [1.54, 1.807) is 30.3 Å². The Balaban J connectivity index is 1.87. The fraction of sp³-hybridized carbons (Fsp3) is 0.455. The fourth-order valence-corrected chi connectivity index (χ4v) is 5.04. The number of hydrogen-bond donors (Lipinski definition) is 1. The van der Waals surface area contributed by atoms with Crippen LogP contribution in [0.4, 0.5) is 0 Å². The van der Waals surface area contributed by atoms with Crippen LogP contribution in [0.5, 0.6) is 5.75 Å². The zero-order valence-electron chi connectivity index (χ0n) is 15.9. The maximum absolute atomic E-state index is 10.2. The second-order valence-corrected chi connectivity index (χ2v) is 7.66. The SMILES string of the molecule is C=CCOc1ccc([C@@H]2O[C@@]34CCCC[C@@H]3C(C#N)(C#N)[C@@]2(C#N)C(=N)O4)cc1. The van der Waals surface area contributed by atoms with Gasteiger partial charge in [0, 0.05) is 6.42 Å². The molecule has 1 aromatic carbocycles. The van der Waals surface area contributed by atoms with Gasteiger partial charge >= 0.3 is 0 Å². The number of ether oxygens (including phenoxy) is 3. The highest BCUT2D eigenvalue weighted by Crippen LogP contribution is 2.69. The highest BCUT2D eigenvalue weighted by molar-refractivity contribution is 5.89. The Morgan fingerprint density at radius 2 is 1.90 bits per heavy atom. The second kappa shape index (κ2) is 6.62. The van der Waals surface area contributed by atoms with E-state index in [1.807, 2.05) is 0 Å². The molecule has 7 heteroatoms. The molecule has 1 aromatic rings. The van der Waals surface area contributed by atoms with Gasteiger partial charge in [0.1, 0.15) is 18.5 Å². The number of rotatable bonds is 4. The molecule has 5 rings (SSSR count). The fourth-order valence-electron chi connectivity index (χ4n) is 5.04. The summed E-state index contributed by atoms with van der Waals surface area (Å²) in [5.41, 5.74) is -2.97. The molecule has 0 amide bonds. The van der Waals surface area contributed by atoms with Crippen LogP contribution in [0, 0.1) is 56.2 Å². The maximum atomic E-state index is 10.2. The molecule has 0 unspecified atom stereocenters. The minimum absolute atomic E-state index is 0.357. The van der Waals surface area contributed by atoms with Gasteiger partial charge < -0.3 is 14.2 Å².